The zero-order valence-corrected chi connectivity index (χ0v) is 15.9. The van der Waals surface area contributed by atoms with Crippen molar-refractivity contribution in [2.45, 2.75) is 20.4 Å². The largest absolute Gasteiger partial charge is 0.467 e. The number of non-ortho nitro benzene ring substituents is 1. The van der Waals surface area contributed by atoms with Crippen LogP contribution in [0.2, 0.25) is 0 Å². The van der Waals surface area contributed by atoms with Gasteiger partial charge in [0.25, 0.3) is 11.6 Å². The summed E-state index contributed by atoms with van der Waals surface area (Å²) in [5.74, 6) is -0.468. The van der Waals surface area contributed by atoms with Gasteiger partial charge in [0.1, 0.15) is 5.76 Å². The molecule has 9 heteroatoms. The fourth-order valence-corrected chi connectivity index (χ4v) is 2.91. The minimum absolute atomic E-state index is 0.149. The number of anilines is 1. The van der Waals surface area contributed by atoms with Crippen LogP contribution in [-0.4, -0.2) is 28.0 Å². The summed E-state index contributed by atoms with van der Waals surface area (Å²) in [5.41, 5.74) is 2.01. The van der Waals surface area contributed by atoms with Crippen LogP contribution in [0, 0.1) is 24.0 Å². The first-order chi connectivity index (χ1) is 13.8. The van der Waals surface area contributed by atoms with E-state index in [4.69, 9.17) is 9.15 Å². The third-order valence-electron chi connectivity index (χ3n) is 4.36. The summed E-state index contributed by atoms with van der Waals surface area (Å²) in [6, 6.07) is 10.8. The number of nitrogens with zero attached hydrogens (tertiary/aromatic N) is 2. The lowest BCUT2D eigenvalue weighted by molar-refractivity contribution is -0.384. The Kier molecular flexibility index (Phi) is 5.77. The summed E-state index contributed by atoms with van der Waals surface area (Å²) < 4.78 is 12.4. The van der Waals surface area contributed by atoms with Crippen LogP contribution in [0.25, 0.3) is 0 Å². The molecule has 0 saturated heterocycles. The number of nitro benzene ring substituents is 1. The van der Waals surface area contributed by atoms with Crippen molar-refractivity contribution in [1.82, 2.24) is 4.57 Å². The average Bonchev–Trinajstić information content (AvgIpc) is 3.30. The van der Waals surface area contributed by atoms with Gasteiger partial charge in [0.05, 0.1) is 23.3 Å². The molecule has 0 aliphatic heterocycles. The van der Waals surface area contributed by atoms with Crippen LogP contribution in [0.5, 0.6) is 0 Å². The maximum atomic E-state index is 12.4. The van der Waals surface area contributed by atoms with E-state index in [1.165, 1.54) is 24.3 Å². The number of furan rings is 1. The molecule has 0 radical (unpaired) electrons. The van der Waals surface area contributed by atoms with E-state index in [1.54, 1.807) is 25.3 Å². The number of aromatic nitrogens is 1. The highest BCUT2D eigenvalue weighted by Crippen LogP contribution is 2.19. The molecule has 0 bridgehead atoms. The zero-order valence-electron chi connectivity index (χ0n) is 15.9. The smallest absolute Gasteiger partial charge is 0.340 e. The summed E-state index contributed by atoms with van der Waals surface area (Å²) in [6.45, 7) is 3.62. The van der Waals surface area contributed by atoms with Gasteiger partial charge in [0.2, 0.25) is 0 Å². The summed E-state index contributed by atoms with van der Waals surface area (Å²) in [7, 11) is 0. The van der Waals surface area contributed by atoms with E-state index in [2.05, 4.69) is 5.32 Å². The molecule has 2 aromatic heterocycles. The molecule has 150 valence electrons. The Morgan fingerprint density at radius 1 is 1.21 bits per heavy atom. The highest BCUT2D eigenvalue weighted by atomic mass is 16.6. The van der Waals surface area contributed by atoms with Crippen molar-refractivity contribution in [2.75, 3.05) is 11.9 Å². The third-order valence-corrected chi connectivity index (χ3v) is 4.36. The van der Waals surface area contributed by atoms with Gasteiger partial charge in [-0.3, -0.25) is 14.9 Å². The lowest BCUT2D eigenvalue weighted by atomic mass is 10.2. The number of ether oxygens (including phenoxy) is 1. The van der Waals surface area contributed by atoms with E-state index >= 15 is 0 Å². The number of benzene rings is 1. The molecule has 0 atom stereocenters. The van der Waals surface area contributed by atoms with Crippen molar-refractivity contribution in [3.05, 3.63) is 81.6 Å². The van der Waals surface area contributed by atoms with Crippen molar-refractivity contribution in [2.24, 2.45) is 0 Å². The number of hydrogen-bond donors (Lipinski definition) is 1. The fraction of sp³-hybridized carbons (Fsp3) is 0.200. The number of nitrogens with one attached hydrogen (secondary N) is 1. The van der Waals surface area contributed by atoms with Gasteiger partial charge in [-0.05, 0) is 38.1 Å². The molecule has 0 aliphatic rings. The van der Waals surface area contributed by atoms with Crippen LogP contribution in [0.4, 0.5) is 11.4 Å². The summed E-state index contributed by atoms with van der Waals surface area (Å²) in [5, 5.41) is 13.3. The lowest BCUT2D eigenvalue weighted by Gasteiger charge is -2.08. The average molecular weight is 397 g/mol. The first kappa shape index (κ1) is 19.9. The van der Waals surface area contributed by atoms with Crippen molar-refractivity contribution >= 4 is 23.3 Å². The maximum Gasteiger partial charge on any atom is 0.340 e. The molecule has 0 spiro atoms. The number of nitro groups is 1. The number of carbonyl (C=O) groups is 2. The highest BCUT2D eigenvalue weighted by molar-refractivity contribution is 5.96. The van der Waals surface area contributed by atoms with Gasteiger partial charge in [-0.25, -0.2) is 4.79 Å². The molecule has 2 heterocycles. The Morgan fingerprint density at radius 3 is 2.69 bits per heavy atom. The van der Waals surface area contributed by atoms with E-state index in [9.17, 15) is 19.7 Å². The predicted molar refractivity (Wildman–Crippen MR) is 104 cm³/mol. The Morgan fingerprint density at radius 2 is 2.00 bits per heavy atom. The maximum absolute atomic E-state index is 12.4. The van der Waals surface area contributed by atoms with E-state index in [0.29, 0.717) is 17.8 Å². The summed E-state index contributed by atoms with van der Waals surface area (Å²) in [6.07, 6.45) is 1.58. The fourth-order valence-electron chi connectivity index (χ4n) is 2.91. The van der Waals surface area contributed by atoms with Crippen molar-refractivity contribution in [3.8, 4) is 0 Å². The monoisotopic (exact) mass is 397 g/mol. The van der Waals surface area contributed by atoms with Crippen LogP contribution in [0.3, 0.4) is 0 Å². The van der Waals surface area contributed by atoms with Crippen LogP contribution in [0.1, 0.15) is 27.5 Å². The highest BCUT2D eigenvalue weighted by Gasteiger charge is 2.19. The first-order valence-electron chi connectivity index (χ1n) is 8.75. The van der Waals surface area contributed by atoms with Crippen LogP contribution >= 0.6 is 0 Å². The predicted octanol–water partition coefficient (Wildman–Crippen LogP) is 3.45. The van der Waals surface area contributed by atoms with Crippen molar-refractivity contribution in [3.63, 3.8) is 0 Å². The minimum Gasteiger partial charge on any atom is -0.467 e. The molecule has 1 N–H and O–H groups in total. The van der Waals surface area contributed by atoms with Gasteiger partial charge in [-0.2, -0.15) is 0 Å². The molecule has 0 unspecified atom stereocenters. The molecule has 9 nitrogen and oxygen atoms in total. The van der Waals surface area contributed by atoms with E-state index in [-0.39, 0.29) is 11.4 Å². The van der Waals surface area contributed by atoms with Gasteiger partial charge < -0.3 is 19.0 Å². The quantitative estimate of drug-likeness (QED) is 0.371. The number of esters is 1. The second kappa shape index (κ2) is 8.42. The third kappa shape index (κ3) is 4.70. The van der Waals surface area contributed by atoms with Gasteiger partial charge in [-0.15, -0.1) is 0 Å². The second-order valence-corrected chi connectivity index (χ2v) is 6.38. The van der Waals surface area contributed by atoms with Crippen LogP contribution in [-0.2, 0) is 16.1 Å². The molecule has 0 fully saturated rings. The topological polar surface area (TPSA) is 117 Å². The second-order valence-electron chi connectivity index (χ2n) is 6.38. The zero-order chi connectivity index (χ0) is 21.0. The van der Waals surface area contributed by atoms with Gasteiger partial charge in [0.15, 0.2) is 6.61 Å². The van der Waals surface area contributed by atoms with Crippen molar-refractivity contribution < 1.29 is 23.7 Å². The number of hydrogen-bond acceptors (Lipinski definition) is 6. The number of carbonyl (C=O) groups excluding carboxylic acids is 2. The van der Waals surface area contributed by atoms with Gasteiger partial charge >= 0.3 is 5.97 Å². The Labute approximate surface area is 166 Å². The number of rotatable bonds is 7. The van der Waals surface area contributed by atoms with Gasteiger partial charge in [0, 0.05) is 29.2 Å². The molecule has 0 saturated carbocycles. The molecule has 29 heavy (non-hydrogen) atoms. The molecular formula is C20H19N3O6. The molecular weight excluding hydrogens is 378 g/mol. The molecule has 0 aliphatic carbocycles. The minimum atomic E-state index is -0.627. The SMILES string of the molecule is Cc1cc(C(=O)OCC(=O)Nc2cccc([N+](=O)[O-])c2)c(C)n1Cc1ccco1. The Bertz CT molecular complexity index is 1050. The Hall–Kier alpha value is -3.88. The normalized spacial score (nSPS) is 10.6. The summed E-state index contributed by atoms with van der Waals surface area (Å²) in [4.78, 5) is 34.7. The molecule has 1 aromatic carbocycles. The standard InChI is InChI=1S/C20H19N3O6/c1-13-9-18(14(2)22(13)11-17-7-4-8-28-17)20(25)29-12-19(24)21-15-5-3-6-16(10-15)23(26)27/h3-10H,11-12H2,1-2H3,(H,21,24). The lowest BCUT2D eigenvalue weighted by Crippen LogP contribution is -2.21. The first-order valence-corrected chi connectivity index (χ1v) is 8.75. The summed E-state index contributed by atoms with van der Waals surface area (Å²) >= 11 is 0. The van der Waals surface area contributed by atoms with E-state index < -0.39 is 23.4 Å². The van der Waals surface area contributed by atoms with Crippen LogP contribution < -0.4 is 5.32 Å². The van der Waals surface area contributed by atoms with E-state index in [1.807, 2.05) is 17.6 Å². The number of amides is 1. The molecule has 1 amide bonds. The molecule has 3 aromatic rings. The molecule has 3 rings (SSSR count). The van der Waals surface area contributed by atoms with Crippen molar-refractivity contribution in [1.29, 1.82) is 0 Å². The van der Waals surface area contributed by atoms with Gasteiger partial charge in [-0.1, -0.05) is 6.07 Å². The Balaban J connectivity index is 1.61. The van der Waals surface area contributed by atoms with Crippen LogP contribution in [0.15, 0.2) is 53.1 Å². The van der Waals surface area contributed by atoms with E-state index in [0.717, 1.165) is 11.5 Å². The number of aryl methyl sites for hydroxylation is 1.